The average Bonchev–Trinajstić information content (AvgIpc) is 2.74. The number of rotatable bonds is 3. The Hall–Kier alpha value is -1.08. The zero-order chi connectivity index (χ0) is 16.4. The summed E-state index contributed by atoms with van der Waals surface area (Å²) in [5, 5.41) is 3.31. The second-order valence-electron chi connectivity index (χ2n) is 7.02. The van der Waals surface area contributed by atoms with E-state index in [-0.39, 0.29) is 23.6 Å². The Bertz CT molecular complexity index is 548. The number of hydrogen-bond donors (Lipinski definition) is 1. The van der Waals surface area contributed by atoms with Crippen LogP contribution in [0.15, 0.2) is 11.6 Å². The molecule has 6 nitrogen and oxygen atoms in total. The highest BCUT2D eigenvalue weighted by molar-refractivity contribution is 7.91. The van der Waals surface area contributed by atoms with E-state index >= 15 is 0 Å². The molecule has 1 atom stereocenters. The molecule has 7 heteroatoms. The summed E-state index contributed by atoms with van der Waals surface area (Å²) >= 11 is 0. The molecule has 126 valence electrons. The number of nitrogens with one attached hydrogen (secondary N) is 1. The topological polar surface area (TPSA) is 75.7 Å². The van der Waals surface area contributed by atoms with Gasteiger partial charge in [-0.05, 0) is 33.6 Å². The minimum Gasteiger partial charge on any atom is -0.444 e. The van der Waals surface area contributed by atoms with Crippen molar-refractivity contribution in [1.29, 1.82) is 0 Å². The van der Waals surface area contributed by atoms with Crippen LogP contribution < -0.4 is 5.32 Å². The molecule has 2 aliphatic heterocycles. The van der Waals surface area contributed by atoms with Gasteiger partial charge >= 0.3 is 6.09 Å². The van der Waals surface area contributed by atoms with Gasteiger partial charge in [-0.2, -0.15) is 0 Å². The Morgan fingerprint density at radius 2 is 2.18 bits per heavy atom. The molecular formula is C15H26N2O4S. The molecule has 0 aromatic carbocycles. The molecule has 2 rings (SSSR count). The van der Waals surface area contributed by atoms with Gasteiger partial charge < -0.3 is 15.0 Å². The van der Waals surface area contributed by atoms with Gasteiger partial charge in [-0.25, -0.2) is 13.2 Å². The fourth-order valence-electron chi connectivity index (χ4n) is 2.60. The number of carbonyl (C=O) groups excluding carboxylic acids is 1. The van der Waals surface area contributed by atoms with Gasteiger partial charge in [-0.15, -0.1) is 0 Å². The lowest BCUT2D eigenvalue weighted by atomic mass is 10.1. The van der Waals surface area contributed by atoms with E-state index in [1.54, 1.807) is 4.90 Å². The summed E-state index contributed by atoms with van der Waals surface area (Å²) < 4.78 is 28.2. The van der Waals surface area contributed by atoms with Gasteiger partial charge in [0.2, 0.25) is 0 Å². The van der Waals surface area contributed by atoms with Crippen molar-refractivity contribution < 1.29 is 17.9 Å². The Morgan fingerprint density at radius 3 is 2.68 bits per heavy atom. The molecule has 22 heavy (non-hydrogen) atoms. The Morgan fingerprint density at radius 1 is 1.45 bits per heavy atom. The van der Waals surface area contributed by atoms with Crippen LogP contribution in [0.2, 0.25) is 0 Å². The maximum absolute atomic E-state index is 12.0. The van der Waals surface area contributed by atoms with E-state index in [4.69, 9.17) is 4.74 Å². The summed E-state index contributed by atoms with van der Waals surface area (Å²) in [6.45, 7) is 7.46. The number of ether oxygens (including phenoxy) is 1. The van der Waals surface area contributed by atoms with Gasteiger partial charge in [0.1, 0.15) is 5.60 Å². The first-order valence-corrected chi connectivity index (χ1v) is 9.56. The highest BCUT2D eigenvalue weighted by atomic mass is 32.2. The van der Waals surface area contributed by atoms with Crippen LogP contribution in [0.5, 0.6) is 0 Å². The molecular weight excluding hydrogens is 304 g/mol. The first-order valence-electron chi connectivity index (χ1n) is 7.74. The number of sulfone groups is 1. The zero-order valence-electron chi connectivity index (χ0n) is 13.6. The summed E-state index contributed by atoms with van der Waals surface area (Å²) in [5.41, 5.74) is 0.750. The predicted octanol–water partition coefficient (Wildman–Crippen LogP) is 1.33. The van der Waals surface area contributed by atoms with Crippen molar-refractivity contribution in [1.82, 2.24) is 10.2 Å². The van der Waals surface area contributed by atoms with Gasteiger partial charge in [-0.1, -0.05) is 11.6 Å². The molecule has 0 radical (unpaired) electrons. The molecule has 1 unspecified atom stereocenters. The van der Waals surface area contributed by atoms with Crippen molar-refractivity contribution >= 4 is 15.9 Å². The van der Waals surface area contributed by atoms with E-state index in [2.05, 4.69) is 5.32 Å². The second-order valence-corrected chi connectivity index (χ2v) is 9.25. The molecule has 0 aromatic heterocycles. The predicted molar refractivity (Wildman–Crippen MR) is 85.6 cm³/mol. The normalized spacial score (nSPS) is 25.0. The van der Waals surface area contributed by atoms with Crippen molar-refractivity contribution in [3.05, 3.63) is 11.6 Å². The first kappa shape index (κ1) is 17.3. The van der Waals surface area contributed by atoms with E-state index in [1.165, 1.54) is 5.57 Å². The molecule has 0 bridgehead atoms. The van der Waals surface area contributed by atoms with Gasteiger partial charge in [0, 0.05) is 25.7 Å². The van der Waals surface area contributed by atoms with Crippen LogP contribution in [0.3, 0.4) is 0 Å². The van der Waals surface area contributed by atoms with Gasteiger partial charge in [0.05, 0.1) is 11.5 Å². The highest BCUT2D eigenvalue weighted by Crippen LogP contribution is 2.16. The minimum absolute atomic E-state index is 0.0646. The Labute approximate surface area is 132 Å². The largest absolute Gasteiger partial charge is 0.444 e. The summed E-state index contributed by atoms with van der Waals surface area (Å²) in [4.78, 5) is 13.6. The van der Waals surface area contributed by atoms with Crippen LogP contribution in [0.1, 0.15) is 33.6 Å². The third-order valence-electron chi connectivity index (χ3n) is 3.81. The Kier molecular flexibility index (Phi) is 5.17. The van der Waals surface area contributed by atoms with Gasteiger partial charge in [0.25, 0.3) is 0 Å². The number of hydrogen-bond acceptors (Lipinski definition) is 5. The van der Waals surface area contributed by atoms with Crippen LogP contribution >= 0.6 is 0 Å². The van der Waals surface area contributed by atoms with Crippen LogP contribution in [-0.4, -0.2) is 62.2 Å². The molecule has 2 aliphatic rings. The van der Waals surface area contributed by atoms with Crippen molar-refractivity contribution in [2.75, 3.05) is 31.1 Å². The van der Waals surface area contributed by atoms with Crippen LogP contribution in [0.25, 0.3) is 0 Å². The zero-order valence-corrected chi connectivity index (χ0v) is 14.4. The molecule has 0 aromatic rings. The fraction of sp³-hybridized carbons (Fsp3) is 0.800. The second kappa shape index (κ2) is 6.58. The van der Waals surface area contributed by atoms with Gasteiger partial charge in [-0.3, -0.25) is 0 Å². The molecule has 0 spiro atoms. The Balaban J connectivity index is 1.76. The SMILES string of the molecule is CC(C)(C)OC(=O)N1CC=C(CNC2CCS(=O)(=O)C2)CC1. The van der Waals surface area contributed by atoms with E-state index in [9.17, 15) is 13.2 Å². The van der Waals surface area contributed by atoms with Crippen LogP contribution in [0, 0.1) is 0 Å². The van der Waals surface area contributed by atoms with Crippen molar-refractivity contribution in [3.8, 4) is 0 Å². The quantitative estimate of drug-likeness (QED) is 0.790. The maximum atomic E-state index is 12.0. The van der Waals surface area contributed by atoms with E-state index in [0.717, 1.165) is 6.42 Å². The summed E-state index contributed by atoms with van der Waals surface area (Å²) in [5.74, 6) is 0.528. The lowest BCUT2D eigenvalue weighted by Crippen LogP contribution is -2.40. The smallest absolute Gasteiger partial charge is 0.410 e. The summed E-state index contributed by atoms with van der Waals surface area (Å²) in [7, 11) is -2.84. The number of nitrogens with zero attached hydrogens (tertiary/aromatic N) is 1. The summed E-state index contributed by atoms with van der Waals surface area (Å²) in [6, 6.07) is 0.0646. The monoisotopic (exact) mass is 330 g/mol. The van der Waals surface area contributed by atoms with Crippen molar-refractivity contribution in [2.45, 2.75) is 45.3 Å². The first-order chi connectivity index (χ1) is 10.1. The average molecular weight is 330 g/mol. The number of amides is 1. The van der Waals surface area contributed by atoms with Crippen molar-refractivity contribution in [2.24, 2.45) is 0 Å². The van der Waals surface area contributed by atoms with E-state index in [1.807, 2.05) is 26.8 Å². The van der Waals surface area contributed by atoms with Crippen molar-refractivity contribution in [3.63, 3.8) is 0 Å². The van der Waals surface area contributed by atoms with Crippen LogP contribution in [-0.2, 0) is 14.6 Å². The molecule has 0 saturated carbocycles. The maximum Gasteiger partial charge on any atom is 0.410 e. The van der Waals surface area contributed by atoms with E-state index < -0.39 is 15.4 Å². The molecule has 1 N–H and O–H groups in total. The van der Waals surface area contributed by atoms with Crippen LogP contribution in [0.4, 0.5) is 4.79 Å². The molecule has 1 fully saturated rings. The van der Waals surface area contributed by atoms with E-state index in [0.29, 0.717) is 26.1 Å². The lowest BCUT2D eigenvalue weighted by molar-refractivity contribution is 0.0265. The molecule has 1 saturated heterocycles. The molecule has 2 heterocycles. The highest BCUT2D eigenvalue weighted by Gasteiger charge is 2.28. The lowest BCUT2D eigenvalue weighted by Gasteiger charge is -2.29. The fourth-order valence-corrected chi connectivity index (χ4v) is 4.30. The molecule has 0 aliphatic carbocycles. The third-order valence-corrected chi connectivity index (χ3v) is 5.57. The number of carbonyl (C=O) groups is 1. The van der Waals surface area contributed by atoms with Gasteiger partial charge in [0.15, 0.2) is 9.84 Å². The summed E-state index contributed by atoms with van der Waals surface area (Å²) in [6.07, 6.45) is 3.24. The third kappa shape index (κ3) is 5.28. The molecule has 1 amide bonds. The minimum atomic E-state index is -2.84. The standard InChI is InChI=1S/C15H26N2O4S/c1-15(2,3)21-14(18)17-7-4-12(5-8-17)10-16-13-6-9-22(19,20)11-13/h4,13,16H,5-11H2,1-3H3.